The third-order valence-corrected chi connectivity index (χ3v) is 6.80. The van der Waals surface area contributed by atoms with Gasteiger partial charge >= 0.3 is 0 Å². The lowest BCUT2D eigenvalue weighted by molar-refractivity contribution is -0.626. The number of aromatic hydroxyl groups is 1. The molecule has 2 atom stereocenters. The van der Waals surface area contributed by atoms with E-state index in [1.165, 1.54) is 0 Å². The van der Waals surface area contributed by atoms with Crippen LogP contribution in [0.3, 0.4) is 0 Å². The van der Waals surface area contributed by atoms with Crippen LogP contribution in [0.2, 0.25) is 0 Å². The van der Waals surface area contributed by atoms with Gasteiger partial charge in [0.1, 0.15) is 11.6 Å². The van der Waals surface area contributed by atoms with Crippen LogP contribution in [0.15, 0.2) is 42.5 Å². The average Bonchev–Trinajstić information content (AvgIpc) is 3.04. The highest BCUT2D eigenvalue weighted by Gasteiger charge is 2.81. The molecule has 3 heterocycles. The first-order valence-electron chi connectivity index (χ1n) is 10.3. The zero-order valence-electron chi connectivity index (χ0n) is 18.3. The quantitative estimate of drug-likeness (QED) is 0.611. The van der Waals surface area contributed by atoms with Gasteiger partial charge in [0, 0.05) is 23.4 Å². The number of para-hydroxylation sites is 2. The normalized spacial score (nSPS) is 27.8. The number of aromatic nitrogens is 2. The number of aryl methyl sites for hydroxylation is 1. The number of nitrogens with zero attached hydrogens (tertiary/aromatic N) is 2. The molecule has 6 nitrogen and oxygen atoms in total. The Kier molecular flexibility index (Phi) is 3.81. The molecule has 5 rings (SSSR count). The van der Waals surface area contributed by atoms with Crippen LogP contribution in [0.4, 0.5) is 0 Å². The molecule has 1 N–H and O–H groups in total. The molecule has 3 aromatic rings. The van der Waals surface area contributed by atoms with Gasteiger partial charge in [0.25, 0.3) is 5.79 Å². The standard InChI is InChI=1S/C24H28N2O4/c1-21(2,3)24-22(4,5)14-28-23(24,29-30-24)15-11-12-16(19(27)13-15)20-25-17-9-7-8-10-18(17)26(20)6/h7-13,27H,14H2,1-6H3. The summed E-state index contributed by atoms with van der Waals surface area (Å²) in [7, 11) is 1.95. The van der Waals surface area contributed by atoms with E-state index in [0.717, 1.165) is 16.6 Å². The Morgan fingerprint density at radius 2 is 1.80 bits per heavy atom. The monoisotopic (exact) mass is 408 g/mol. The molecule has 2 aliphatic heterocycles. The fraction of sp³-hybridized carbons (Fsp3) is 0.458. The van der Waals surface area contributed by atoms with Gasteiger partial charge in [-0.05, 0) is 24.3 Å². The van der Waals surface area contributed by atoms with Crippen LogP contribution in [0, 0.1) is 10.8 Å². The molecule has 0 bridgehead atoms. The van der Waals surface area contributed by atoms with Crippen LogP contribution < -0.4 is 0 Å². The zero-order valence-corrected chi connectivity index (χ0v) is 18.3. The highest BCUT2D eigenvalue weighted by atomic mass is 17.3. The number of rotatable bonds is 2. The van der Waals surface area contributed by atoms with Gasteiger partial charge in [0.15, 0.2) is 5.60 Å². The summed E-state index contributed by atoms with van der Waals surface area (Å²) in [4.78, 5) is 16.3. The number of phenolic OH excluding ortho intramolecular Hbond substituents is 1. The predicted octanol–water partition coefficient (Wildman–Crippen LogP) is 4.90. The zero-order chi connectivity index (χ0) is 21.5. The van der Waals surface area contributed by atoms with Crippen molar-refractivity contribution < 1.29 is 19.6 Å². The van der Waals surface area contributed by atoms with Gasteiger partial charge in [-0.3, -0.25) is 0 Å². The Balaban J connectivity index is 1.63. The van der Waals surface area contributed by atoms with Crippen molar-refractivity contribution in [3.8, 4) is 17.1 Å². The lowest BCUT2D eigenvalue weighted by Gasteiger charge is -2.61. The molecule has 2 saturated heterocycles. The summed E-state index contributed by atoms with van der Waals surface area (Å²) in [6, 6.07) is 13.5. The molecule has 30 heavy (non-hydrogen) atoms. The van der Waals surface area contributed by atoms with Crippen molar-refractivity contribution in [3.05, 3.63) is 48.0 Å². The molecule has 158 valence electrons. The molecular formula is C24H28N2O4. The topological polar surface area (TPSA) is 65.7 Å². The number of benzene rings is 2. The Morgan fingerprint density at radius 3 is 2.40 bits per heavy atom. The second-order valence-electron chi connectivity index (χ2n) is 10.1. The van der Waals surface area contributed by atoms with Crippen molar-refractivity contribution in [1.82, 2.24) is 9.55 Å². The van der Waals surface area contributed by atoms with E-state index in [0.29, 0.717) is 18.0 Å². The molecule has 0 amide bonds. The summed E-state index contributed by atoms with van der Waals surface area (Å²) in [5, 5.41) is 11.0. The second-order valence-corrected chi connectivity index (χ2v) is 10.1. The van der Waals surface area contributed by atoms with Crippen molar-refractivity contribution >= 4 is 11.0 Å². The van der Waals surface area contributed by atoms with E-state index in [9.17, 15) is 5.11 Å². The van der Waals surface area contributed by atoms with Gasteiger partial charge in [-0.25, -0.2) is 9.87 Å². The maximum atomic E-state index is 11.0. The number of phenols is 1. The summed E-state index contributed by atoms with van der Waals surface area (Å²) in [5.74, 6) is -0.220. The van der Waals surface area contributed by atoms with Crippen LogP contribution in [-0.2, 0) is 27.3 Å². The molecule has 2 unspecified atom stereocenters. The van der Waals surface area contributed by atoms with Gasteiger partial charge in [-0.15, -0.1) is 0 Å². The fourth-order valence-corrected chi connectivity index (χ4v) is 5.55. The van der Waals surface area contributed by atoms with Crippen LogP contribution in [0.1, 0.15) is 40.2 Å². The molecule has 0 radical (unpaired) electrons. The third-order valence-electron chi connectivity index (χ3n) is 6.80. The maximum absolute atomic E-state index is 11.0. The van der Waals surface area contributed by atoms with E-state index in [1.807, 2.05) is 48.0 Å². The van der Waals surface area contributed by atoms with E-state index >= 15 is 0 Å². The molecule has 2 aromatic carbocycles. The number of fused-ring (bicyclic) bond motifs is 2. The van der Waals surface area contributed by atoms with Crippen molar-refractivity contribution in [1.29, 1.82) is 0 Å². The van der Waals surface area contributed by atoms with Gasteiger partial charge < -0.3 is 14.4 Å². The fourth-order valence-electron chi connectivity index (χ4n) is 5.55. The highest BCUT2D eigenvalue weighted by molar-refractivity contribution is 5.81. The van der Waals surface area contributed by atoms with Gasteiger partial charge in [0.2, 0.25) is 0 Å². The molecule has 2 fully saturated rings. The summed E-state index contributed by atoms with van der Waals surface area (Å²) in [6.45, 7) is 11.2. The largest absolute Gasteiger partial charge is 0.507 e. The summed E-state index contributed by atoms with van der Waals surface area (Å²) >= 11 is 0. The Hall–Kier alpha value is -2.41. The van der Waals surface area contributed by atoms with Crippen LogP contribution in [-0.4, -0.2) is 26.9 Å². The Bertz CT molecular complexity index is 1160. The van der Waals surface area contributed by atoms with Gasteiger partial charge in [-0.1, -0.05) is 52.8 Å². The minimum Gasteiger partial charge on any atom is -0.507 e. The number of imidazole rings is 1. The van der Waals surface area contributed by atoms with Crippen molar-refractivity contribution in [2.45, 2.75) is 46.0 Å². The van der Waals surface area contributed by atoms with Gasteiger partial charge in [0.05, 0.1) is 23.2 Å². The first kappa shape index (κ1) is 19.5. The molecule has 0 spiro atoms. The Morgan fingerprint density at radius 1 is 1.07 bits per heavy atom. The first-order chi connectivity index (χ1) is 14.0. The van der Waals surface area contributed by atoms with Crippen molar-refractivity contribution in [3.63, 3.8) is 0 Å². The summed E-state index contributed by atoms with van der Waals surface area (Å²) in [5.41, 5.74) is 2.10. The second kappa shape index (κ2) is 5.84. The molecular weight excluding hydrogens is 380 g/mol. The summed E-state index contributed by atoms with van der Waals surface area (Å²) in [6.07, 6.45) is 0. The predicted molar refractivity (Wildman–Crippen MR) is 114 cm³/mol. The minimum absolute atomic E-state index is 0.131. The maximum Gasteiger partial charge on any atom is 0.261 e. The Labute approximate surface area is 176 Å². The SMILES string of the molecule is Cn1c(-c2ccc(C34OCC(C)(C)C3(C(C)(C)C)OO4)cc2O)nc2ccccc21. The molecule has 0 saturated carbocycles. The molecule has 6 heteroatoms. The van der Waals surface area contributed by atoms with Crippen LogP contribution >= 0.6 is 0 Å². The van der Waals surface area contributed by atoms with E-state index in [4.69, 9.17) is 19.5 Å². The number of hydrogen-bond donors (Lipinski definition) is 1. The van der Waals surface area contributed by atoms with E-state index in [1.54, 1.807) is 6.07 Å². The number of hydrogen-bond acceptors (Lipinski definition) is 5. The lowest BCUT2D eigenvalue weighted by Crippen LogP contribution is -2.73. The lowest BCUT2D eigenvalue weighted by atomic mass is 9.57. The van der Waals surface area contributed by atoms with Crippen molar-refractivity contribution in [2.24, 2.45) is 17.9 Å². The molecule has 0 aliphatic carbocycles. The minimum atomic E-state index is -1.06. The average molecular weight is 408 g/mol. The van der Waals surface area contributed by atoms with Gasteiger partial charge in [-0.2, -0.15) is 4.89 Å². The third kappa shape index (κ3) is 2.16. The molecule has 1 aromatic heterocycles. The molecule has 2 aliphatic rings. The summed E-state index contributed by atoms with van der Waals surface area (Å²) < 4.78 is 8.25. The number of ether oxygens (including phenoxy) is 1. The highest BCUT2D eigenvalue weighted by Crippen LogP contribution is 2.69. The van der Waals surface area contributed by atoms with E-state index in [2.05, 4.69) is 34.6 Å². The van der Waals surface area contributed by atoms with Crippen LogP contribution in [0.25, 0.3) is 22.4 Å². The van der Waals surface area contributed by atoms with Crippen molar-refractivity contribution in [2.75, 3.05) is 6.61 Å². The smallest absolute Gasteiger partial charge is 0.261 e. The van der Waals surface area contributed by atoms with Crippen LogP contribution in [0.5, 0.6) is 5.75 Å². The first-order valence-corrected chi connectivity index (χ1v) is 10.3. The van der Waals surface area contributed by atoms with E-state index in [-0.39, 0.29) is 16.6 Å². The van der Waals surface area contributed by atoms with E-state index < -0.39 is 11.4 Å².